The van der Waals surface area contributed by atoms with Gasteiger partial charge in [-0.2, -0.15) is 0 Å². The first kappa shape index (κ1) is 20.5. The average Bonchev–Trinajstić information content (AvgIpc) is 2.67. The molecule has 0 fully saturated rings. The topological polar surface area (TPSA) is 50.8 Å². The molecule has 0 unspecified atom stereocenters. The summed E-state index contributed by atoms with van der Waals surface area (Å²) in [6.07, 6.45) is 0.892. The summed E-state index contributed by atoms with van der Waals surface area (Å²) in [4.78, 5) is 14.5. The van der Waals surface area contributed by atoms with Crippen LogP contribution in [0.2, 0.25) is 5.02 Å². The third-order valence-electron chi connectivity index (χ3n) is 4.70. The molecule has 3 rings (SSSR count). The van der Waals surface area contributed by atoms with Crippen LogP contribution in [-0.2, 0) is 24.3 Å². The van der Waals surface area contributed by atoms with E-state index in [0.717, 1.165) is 36.6 Å². The maximum absolute atomic E-state index is 12.4. The molecule has 1 aliphatic rings. The quantitative estimate of drug-likeness (QED) is 0.729. The van der Waals surface area contributed by atoms with Crippen molar-refractivity contribution in [3.63, 3.8) is 0 Å². The molecule has 1 aliphatic heterocycles. The molecule has 2 aromatic rings. The smallest absolute Gasteiger partial charge is 0.234 e. The number of carbonyl (C=O) groups is 1. The molecule has 1 N–H and O–H groups in total. The van der Waals surface area contributed by atoms with E-state index in [1.165, 1.54) is 11.1 Å². The van der Waals surface area contributed by atoms with Crippen LogP contribution in [0.3, 0.4) is 0 Å². The molecule has 0 atom stereocenters. The molecule has 2 aromatic carbocycles. The van der Waals surface area contributed by atoms with E-state index in [0.29, 0.717) is 31.3 Å². The Bertz CT molecular complexity index is 825. The molecule has 1 amide bonds. The zero-order chi connectivity index (χ0) is 19.9. The monoisotopic (exact) mass is 402 g/mol. The lowest BCUT2D eigenvalue weighted by Crippen LogP contribution is -2.39. The van der Waals surface area contributed by atoms with Gasteiger partial charge in [-0.3, -0.25) is 9.69 Å². The highest BCUT2D eigenvalue weighted by molar-refractivity contribution is 6.30. The summed E-state index contributed by atoms with van der Waals surface area (Å²) in [6.45, 7) is 7.56. The van der Waals surface area contributed by atoms with Crippen LogP contribution in [0.25, 0.3) is 0 Å². The van der Waals surface area contributed by atoms with E-state index in [1.807, 2.05) is 38.1 Å². The summed E-state index contributed by atoms with van der Waals surface area (Å²) in [5.41, 5.74) is 3.46. The number of hydrogen-bond acceptors (Lipinski definition) is 4. The van der Waals surface area contributed by atoms with Gasteiger partial charge in [-0.05, 0) is 61.2 Å². The van der Waals surface area contributed by atoms with E-state index < -0.39 is 0 Å². The Morgan fingerprint density at radius 3 is 2.50 bits per heavy atom. The first-order chi connectivity index (χ1) is 13.6. The van der Waals surface area contributed by atoms with Gasteiger partial charge in [0, 0.05) is 24.7 Å². The van der Waals surface area contributed by atoms with Crippen molar-refractivity contribution < 1.29 is 14.3 Å². The van der Waals surface area contributed by atoms with Gasteiger partial charge in [0.15, 0.2) is 11.5 Å². The van der Waals surface area contributed by atoms with Gasteiger partial charge < -0.3 is 14.8 Å². The van der Waals surface area contributed by atoms with Gasteiger partial charge in [0.2, 0.25) is 5.91 Å². The van der Waals surface area contributed by atoms with Gasteiger partial charge in [0.05, 0.1) is 19.8 Å². The Hall–Kier alpha value is -2.24. The molecule has 5 nitrogen and oxygen atoms in total. The molecular weight excluding hydrogens is 376 g/mol. The number of fused-ring (bicyclic) bond motifs is 1. The first-order valence-electron chi connectivity index (χ1n) is 9.74. The predicted octanol–water partition coefficient (Wildman–Crippen LogP) is 3.81. The third kappa shape index (κ3) is 5.40. The predicted molar refractivity (Wildman–Crippen MR) is 111 cm³/mol. The van der Waals surface area contributed by atoms with Crippen LogP contribution < -0.4 is 14.8 Å². The molecule has 0 aliphatic carbocycles. The van der Waals surface area contributed by atoms with Crippen molar-refractivity contribution in [3.8, 4) is 11.5 Å². The summed E-state index contributed by atoms with van der Waals surface area (Å²) in [5, 5.41) is 3.65. The Balaban J connectivity index is 1.59. The molecule has 28 heavy (non-hydrogen) atoms. The van der Waals surface area contributed by atoms with E-state index in [-0.39, 0.29) is 5.91 Å². The van der Waals surface area contributed by atoms with Crippen molar-refractivity contribution >= 4 is 17.5 Å². The van der Waals surface area contributed by atoms with Gasteiger partial charge in [-0.25, -0.2) is 0 Å². The summed E-state index contributed by atoms with van der Waals surface area (Å²) in [5.74, 6) is 1.59. The maximum atomic E-state index is 12.4. The maximum Gasteiger partial charge on any atom is 0.234 e. The molecule has 0 saturated carbocycles. The van der Waals surface area contributed by atoms with Crippen molar-refractivity contribution in [2.24, 2.45) is 0 Å². The molecule has 0 aromatic heterocycles. The second-order valence-electron chi connectivity index (χ2n) is 6.80. The van der Waals surface area contributed by atoms with Gasteiger partial charge in [-0.1, -0.05) is 23.7 Å². The molecule has 6 heteroatoms. The van der Waals surface area contributed by atoms with Crippen LogP contribution in [0.5, 0.6) is 11.5 Å². The zero-order valence-electron chi connectivity index (χ0n) is 16.5. The van der Waals surface area contributed by atoms with Gasteiger partial charge in [-0.15, -0.1) is 0 Å². The molecule has 150 valence electrons. The Morgan fingerprint density at radius 2 is 1.82 bits per heavy atom. The van der Waals surface area contributed by atoms with E-state index in [1.54, 1.807) is 0 Å². The number of carbonyl (C=O) groups excluding carboxylic acids is 1. The number of benzene rings is 2. The van der Waals surface area contributed by atoms with Crippen LogP contribution in [0.4, 0.5) is 0 Å². The SMILES string of the molecule is CCOc1cc2c(cc1OCC)CN(CC(=O)NCc1cccc(Cl)c1)CC2. The number of hydrogen-bond donors (Lipinski definition) is 1. The van der Waals surface area contributed by atoms with Gasteiger partial charge >= 0.3 is 0 Å². The average molecular weight is 403 g/mol. The Morgan fingerprint density at radius 1 is 1.11 bits per heavy atom. The van der Waals surface area contributed by atoms with Gasteiger partial charge in [0.1, 0.15) is 0 Å². The van der Waals surface area contributed by atoms with Crippen LogP contribution >= 0.6 is 11.6 Å². The molecular formula is C22H27ClN2O3. The summed E-state index contributed by atoms with van der Waals surface area (Å²) >= 11 is 5.99. The van der Waals surface area contributed by atoms with Crippen LogP contribution in [0.15, 0.2) is 36.4 Å². The lowest BCUT2D eigenvalue weighted by molar-refractivity contribution is -0.122. The number of halogens is 1. The van der Waals surface area contributed by atoms with Crippen LogP contribution in [-0.4, -0.2) is 37.1 Å². The number of ether oxygens (including phenoxy) is 2. The fourth-order valence-electron chi connectivity index (χ4n) is 3.40. The number of rotatable bonds is 8. The number of amides is 1. The van der Waals surface area contributed by atoms with Crippen molar-refractivity contribution in [1.82, 2.24) is 10.2 Å². The number of nitrogens with one attached hydrogen (secondary N) is 1. The minimum Gasteiger partial charge on any atom is -0.490 e. The van der Waals surface area contributed by atoms with E-state index in [4.69, 9.17) is 21.1 Å². The van der Waals surface area contributed by atoms with Gasteiger partial charge in [0.25, 0.3) is 0 Å². The Labute approximate surface area is 171 Å². The second-order valence-corrected chi connectivity index (χ2v) is 7.24. The van der Waals surface area contributed by atoms with Crippen LogP contribution in [0.1, 0.15) is 30.5 Å². The minimum atomic E-state index is 0.0133. The fourth-order valence-corrected chi connectivity index (χ4v) is 3.61. The molecule has 0 spiro atoms. The first-order valence-corrected chi connectivity index (χ1v) is 10.1. The lowest BCUT2D eigenvalue weighted by atomic mass is 9.98. The Kier molecular flexibility index (Phi) is 7.18. The van der Waals surface area contributed by atoms with E-state index in [9.17, 15) is 4.79 Å². The second kappa shape index (κ2) is 9.80. The van der Waals surface area contributed by atoms with Crippen molar-refractivity contribution in [2.45, 2.75) is 33.4 Å². The molecule has 0 radical (unpaired) electrons. The van der Waals surface area contributed by atoms with Crippen molar-refractivity contribution in [1.29, 1.82) is 0 Å². The van der Waals surface area contributed by atoms with E-state index in [2.05, 4.69) is 22.3 Å². The van der Waals surface area contributed by atoms with E-state index >= 15 is 0 Å². The zero-order valence-corrected chi connectivity index (χ0v) is 17.2. The lowest BCUT2D eigenvalue weighted by Gasteiger charge is -2.29. The molecule has 0 bridgehead atoms. The minimum absolute atomic E-state index is 0.0133. The highest BCUT2D eigenvalue weighted by Crippen LogP contribution is 2.33. The standard InChI is InChI=1S/C22H27ClN2O3/c1-3-27-20-11-17-8-9-25(14-18(17)12-21(20)28-4-2)15-22(26)24-13-16-6-5-7-19(23)10-16/h5-7,10-12H,3-4,8-9,13-15H2,1-2H3,(H,24,26). The largest absolute Gasteiger partial charge is 0.490 e. The molecule has 0 saturated heterocycles. The highest BCUT2D eigenvalue weighted by atomic mass is 35.5. The summed E-state index contributed by atoms with van der Waals surface area (Å²) in [6, 6.07) is 11.7. The normalized spacial score (nSPS) is 13.7. The summed E-state index contributed by atoms with van der Waals surface area (Å²) in [7, 11) is 0. The fraction of sp³-hybridized carbons (Fsp3) is 0.409. The van der Waals surface area contributed by atoms with Crippen LogP contribution in [0, 0.1) is 0 Å². The van der Waals surface area contributed by atoms with Crippen molar-refractivity contribution in [3.05, 3.63) is 58.1 Å². The third-order valence-corrected chi connectivity index (χ3v) is 4.94. The summed E-state index contributed by atoms with van der Waals surface area (Å²) < 4.78 is 11.5. The number of nitrogens with zero attached hydrogens (tertiary/aromatic N) is 1. The molecule has 1 heterocycles. The highest BCUT2D eigenvalue weighted by Gasteiger charge is 2.21. The van der Waals surface area contributed by atoms with Crippen molar-refractivity contribution in [2.75, 3.05) is 26.3 Å².